The van der Waals surface area contributed by atoms with Crippen molar-refractivity contribution in [1.29, 1.82) is 0 Å². The first kappa shape index (κ1) is 13.5. The Balaban J connectivity index is 2.01. The van der Waals surface area contributed by atoms with Gasteiger partial charge in [0.15, 0.2) is 9.84 Å². The number of rotatable bonds is 1. The third-order valence-corrected chi connectivity index (χ3v) is 5.55. The van der Waals surface area contributed by atoms with Crippen LogP contribution in [0.5, 0.6) is 0 Å². The highest BCUT2D eigenvalue weighted by Crippen LogP contribution is 2.29. The normalized spacial score (nSPS) is 32.2. The van der Waals surface area contributed by atoms with E-state index in [1.165, 1.54) is 29.2 Å². The molecule has 0 radical (unpaired) electrons. The van der Waals surface area contributed by atoms with Gasteiger partial charge in [-0.15, -0.1) is 0 Å². The number of nitrogens with one attached hydrogen (secondary N) is 1. The fraction of sp³-hybridized carbons (Fsp3) is 0.462. The van der Waals surface area contributed by atoms with Gasteiger partial charge in [-0.25, -0.2) is 12.8 Å². The Labute approximate surface area is 116 Å². The van der Waals surface area contributed by atoms with Gasteiger partial charge in [-0.2, -0.15) is 0 Å². The second-order valence-electron chi connectivity index (χ2n) is 5.32. The SMILES string of the molecule is C[C@@H]1N[C@@H]2CS(=O)(=O)C[C@@H]2N(c2ccc(F)cc2)C1=O. The minimum absolute atomic E-state index is 0.0347. The quantitative estimate of drug-likeness (QED) is 0.811. The molecule has 2 heterocycles. The van der Waals surface area contributed by atoms with Crippen LogP contribution in [0.1, 0.15) is 6.92 Å². The minimum Gasteiger partial charge on any atom is -0.305 e. The number of fused-ring (bicyclic) bond motifs is 1. The highest BCUT2D eigenvalue weighted by molar-refractivity contribution is 7.91. The van der Waals surface area contributed by atoms with Crippen LogP contribution in [0.15, 0.2) is 24.3 Å². The lowest BCUT2D eigenvalue weighted by Crippen LogP contribution is -2.64. The predicted octanol–water partition coefficient (Wildman–Crippen LogP) is 0.316. The molecule has 0 bridgehead atoms. The number of sulfone groups is 1. The zero-order chi connectivity index (χ0) is 14.5. The lowest BCUT2D eigenvalue weighted by atomic mass is 10.0. The maximum absolute atomic E-state index is 13.0. The van der Waals surface area contributed by atoms with Crippen molar-refractivity contribution in [3.63, 3.8) is 0 Å². The van der Waals surface area contributed by atoms with E-state index in [2.05, 4.69) is 5.32 Å². The van der Waals surface area contributed by atoms with Crippen LogP contribution in [0.3, 0.4) is 0 Å². The largest absolute Gasteiger partial charge is 0.305 e. The number of hydrogen-bond acceptors (Lipinski definition) is 4. The van der Waals surface area contributed by atoms with Gasteiger partial charge in [0.05, 0.1) is 23.6 Å². The van der Waals surface area contributed by atoms with E-state index in [9.17, 15) is 17.6 Å². The van der Waals surface area contributed by atoms with Gasteiger partial charge in [0, 0.05) is 11.7 Å². The van der Waals surface area contributed by atoms with Crippen LogP contribution in [-0.2, 0) is 14.6 Å². The summed E-state index contributed by atoms with van der Waals surface area (Å²) >= 11 is 0. The number of piperazine rings is 1. The van der Waals surface area contributed by atoms with Crippen molar-refractivity contribution in [3.8, 4) is 0 Å². The van der Waals surface area contributed by atoms with Gasteiger partial charge in [-0.05, 0) is 31.2 Å². The molecule has 5 nitrogen and oxygen atoms in total. The number of carbonyl (C=O) groups excluding carboxylic acids is 1. The molecule has 0 aliphatic carbocycles. The second-order valence-corrected chi connectivity index (χ2v) is 7.48. The van der Waals surface area contributed by atoms with E-state index in [0.717, 1.165) is 0 Å². The highest BCUT2D eigenvalue weighted by atomic mass is 32.2. The average molecular weight is 298 g/mol. The number of nitrogens with zero attached hydrogens (tertiary/aromatic N) is 1. The standard InChI is InChI=1S/C13H15FN2O3S/c1-8-13(17)16(10-4-2-9(14)3-5-10)12-7-20(18,19)6-11(12)15-8/h2-5,8,11-12,15H,6-7H2,1H3/t8-,11+,12-/m0/s1. The van der Waals surface area contributed by atoms with E-state index in [1.54, 1.807) is 6.92 Å². The first-order valence-electron chi connectivity index (χ1n) is 6.42. The van der Waals surface area contributed by atoms with Crippen LogP contribution < -0.4 is 10.2 Å². The molecule has 1 amide bonds. The van der Waals surface area contributed by atoms with Gasteiger partial charge in [0.2, 0.25) is 5.91 Å². The number of anilines is 1. The van der Waals surface area contributed by atoms with E-state index < -0.39 is 21.9 Å². The van der Waals surface area contributed by atoms with Crippen molar-refractivity contribution in [2.45, 2.75) is 25.0 Å². The van der Waals surface area contributed by atoms with Crippen molar-refractivity contribution >= 4 is 21.4 Å². The third-order valence-electron chi connectivity index (χ3n) is 3.83. The molecule has 7 heteroatoms. The van der Waals surface area contributed by atoms with Crippen LogP contribution in [-0.4, -0.2) is 44.0 Å². The lowest BCUT2D eigenvalue weighted by molar-refractivity contribution is -0.122. The molecule has 0 aromatic heterocycles. The Morgan fingerprint density at radius 2 is 1.90 bits per heavy atom. The maximum atomic E-state index is 13.0. The van der Waals surface area contributed by atoms with E-state index in [-0.39, 0.29) is 29.3 Å². The summed E-state index contributed by atoms with van der Waals surface area (Å²) in [4.78, 5) is 13.8. The number of hydrogen-bond donors (Lipinski definition) is 1. The molecule has 2 saturated heterocycles. The molecule has 0 saturated carbocycles. The van der Waals surface area contributed by atoms with Gasteiger partial charge in [-0.3, -0.25) is 4.79 Å². The minimum atomic E-state index is -3.16. The van der Waals surface area contributed by atoms with Gasteiger partial charge in [-0.1, -0.05) is 0 Å². The van der Waals surface area contributed by atoms with E-state index in [4.69, 9.17) is 0 Å². The van der Waals surface area contributed by atoms with Crippen molar-refractivity contribution in [2.24, 2.45) is 0 Å². The summed E-state index contributed by atoms with van der Waals surface area (Å²) in [6, 6.07) is 4.42. The van der Waals surface area contributed by atoms with Crippen LogP contribution >= 0.6 is 0 Å². The van der Waals surface area contributed by atoms with E-state index in [1.807, 2.05) is 0 Å². The zero-order valence-electron chi connectivity index (χ0n) is 10.9. The van der Waals surface area contributed by atoms with Crippen molar-refractivity contribution < 1.29 is 17.6 Å². The van der Waals surface area contributed by atoms with Crippen molar-refractivity contribution in [2.75, 3.05) is 16.4 Å². The Kier molecular flexibility index (Phi) is 3.06. The summed E-state index contributed by atoms with van der Waals surface area (Å²) in [5.41, 5.74) is 0.539. The lowest BCUT2D eigenvalue weighted by Gasteiger charge is -2.40. The monoisotopic (exact) mass is 298 g/mol. The predicted molar refractivity (Wildman–Crippen MR) is 72.7 cm³/mol. The van der Waals surface area contributed by atoms with Crippen LogP contribution in [0.4, 0.5) is 10.1 Å². The number of halogens is 1. The third kappa shape index (κ3) is 2.20. The summed E-state index contributed by atoms with van der Waals surface area (Å²) in [7, 11) is -3.16. The van der Waals surface area contributed by atoms with E-state index in [0.29, 0.717) is 5.69 Å². The topological polar surface area (TPSA) is 66.5 Å². The number of benzene rings is 1. The summed E-state index contributed by atoms with van der Waals surface area (Å²) < 4.78 is 36.6. The molecule has 20 heavy (non-hydrogen) atoms. The molecule has 1 aromatic rings. The molecule has 1 aromatic carbocycles. The Bertz CT molecular complexity index is 644. The summed E-state index contributed by atoms with van der Waals surface area (Å²) in [5.74, 6) is -0.594. The molecule has 2 aliphatic rings. The van der Waals surface area contributed by atoms with Crippen LogP contribution in [0.2, 0.25) is 0 Å². The fourth-order valence-electron chi connectivity index (χ4n) is 2.93. The van der Waals surface area contributed by atoms with Gasteiger partial charge < -0.3 is 10.2 Å². The Hall–Kier alpha value is -1.47. The maximum Gasteiger partial charge on any atom is 0.244 e. The molecule has 0 spiro atoms. The van der Waals surface area contributed by atoms with Gasteiger partial charge >= 0.3 is 0 Å². The second kappa shape index (κ2) is 4.53. The molecule has 108 valence electrons. The highest BCUT2D eigenvalue weighted by Gasteiger charge is 2.48. The van der Waals surface area contributed by atoms with Crippen molar-refractivity contribution in [3.05, 3.63) is 30.1 Å². The fourth-order valence-corrected chi connectivity index (χ4v) is 4.83. The summed E-state index contributed by atoms with van der Waals surface area (Å²) in [6.45, 7) is 1.71. The van der Waals surface area contributed by atoms with Crippen LogP contribution in [0, 0.1) is 5.82 Å². The zero-order valence-corrected chi connectivity index (χ0v) is 11.7. The molecule has 1 N–H and O–H groups in total. The number of amides is 1. The van der Waals surface area contributed by atoms with Crippen LogP contribution in [0.25, 0.3) is 0 Å². The van der Waals surface area contributed by atoms with Gasteiger partial charge in [0.1, 0.15) is 5.82 Å². The Morgan fingerprint density at radius 1 is 1.25 bits per heavy atom. The summed E-state index contributed by atoms with van der Waals surface area (Å²) in [6.07, 6.45) is 0. The number of carbonyl (C=O) groups is 1. The molecular weight excluding hydrogens is 283 g/mol. The first-order chi connectivity index (χ1) is 9.37. The average Bonchev–Trinajstić information content (AvgIpc) is 2.66. The Morgan fingerprint density at radius 3 is 2.55 bits per heavy atom. The molecule has 0 unspecified atom stereocenters. The molecule has 2 fully saturated rings. The van der Waals surface area contributed by atoms with Crippen molar-refractivity contribution in [1.82, 2.24) is 5.32 Å². The summed E-state index contributed by atoms with van der Waals surface area (Å²) in [5, 5.41) is 3.05. The van der Waals surface area contributed by atoms with Gasteiger partial charge in [0.25, 0.3) is 0 Å². The van der Waals surface area contributed by atoms with E-state index >= 15 is 0 Å². The smallest absolute Gasteiger partial charge is 0.244 e. The molecular formula is C13H15FN2O3S. The molecule has 3 atom stereocenters. The molecule has 2 aliphatic heterocycles. The molecule has 3 rings (SSSR count). The first-order valence-corrected chi connectivity index (χ1v) is 8.25.